The van der Waals surface area contributed by atoms with Crippen molar-refractivity contribution < 1.29 is 33.4 Å². The van der Waals surface area contributed by atoms with Crippen molar-refractivity contribution in [3.8, 4) is 5.75 Å². The number of esters is 3. The van der Waals surface area contributed by atoms with Crippen molar-refractivity contribution in [2.24, 2.45) is 11.3 Å². The average molecular weight is 469 g/mol. The van der Waals surface area contributed by atoms with E-state index < -0.39 is 23.3 Å². The van der Waals surface area contributed by atoms with Crippen LogP contribution in [0.4, 0.5) is 0 Å². The minimum atomic E-state index is -0.648. The molecule has 0 aliphatic heterocycles. The van der Waals surface area contributed by atoms with Crippen molar-refractivity contribution >= 4 is 23.7 Å². The van der Waals surface area contributed by atoms with E-state index >= 15 is 0 Å². The highest BCUT2D eigenvalue weighted by atomic mass is 16.5. The van der Waals surface area contributed by atoms with Gasteiger partial charge in [-0.3, -0.25) is 9.59 Å². The SMILES string of the molecule is CCC(C)COC(=O)c1ccc(C(=O)Oc2ccc(C(=O)COC(=O)C(C)(C)CC)cc2)cc1. The predicted molar refractivity (Wildman–Crippen MR) is 127 cm³/mol. The molecule has 1 atom stereocenters. The van der Waals surface area contributed by atoms with E-state index in [4.69, 9.17) is 14.2 Å². The van der Waals surface area contributed by atoms with Gasteiger partial charge in [0.05, 0.1) is 23.1 Å². The lowest BCUT2D eigenvalue weighted by atomic mass is 9.91. The number of hydrogen-bond donors (Lipinski definition) is 0. The van der Waals surface area contributed by atoms with Crippen molar-refractivity contribution in [1.82, 2.24) is 0 Å². The molecule has 2 aromatic carbocycles. The third-order valence-electron chi connectivity index (χ3n) is 5.71. The standard InChI is InChI=1S/C27H32O7/c1-6-18(3)16-32-24(29)20-8-10-21(11-9-20)25(30)34-22-14-12-19(13-15-22)23(28)17-33-26(31)27(4,5)7-2/h8-15,18H,6-7,16-17H2,1-5H3. The number of carbonyl (C=O) groups is 4. The third-order valence-corrected chi connectivity index (χ3v) is 5.71. The molecule has 0 N–H and O–H groups in total. The summed E-state index contributed by atoms with van der Waals surface area (Å²) in [6.45, 7) is 9.41. The minimum absolute atomic E-state index is 0.253. The van der Waals surface area contributed by atoms with Gasteiger partial charge in [0.15, 0.2) is 12.4 Å². The highest BCUT2D eigenvalue weighted by Gasteiger charge is 2.27. The van der Waals surface area contributed by atoms with E-state index in [0.717, 1.165) is 6.42 Å². The van der Waals surface area contributed by atoms with Gasteiger partial charge >= 0.3 is 17.9 Å². The van der Waals surface area contributed by atoms with E-state index in [0.29, 0.717) is 24.2 Å². The van der Waals surface area contributed by atoms with Gasteiger partial charge in [0.25, 0.3) is 0 Å². The number of carbonyl (C=O) groups excluding carboxylic acids is 4. The van der Waals surface area contributed by atoms with Gasteiger partial charge in [-0.25, -0.2) is 9.59 Å². The fourth-order valence-corrected chi connectivity index (χ4v) is 2.59. The van der Waals surface area contributed by atoms with Crippen molar-refractivity contribution in [3.63, 3.8) is 0 Å². The van der Waals surface area contributed by atoms with Crippen LogP contribution in [0.1, 0.15) is 78.5 Å². The van der Waals surface area contributed by atoms with Gasteiger partial charge in [0.1, 0.15) is 5.75 Å². The molecule has 7 nitrogen and oxygen atoms in total. The molecule has 1 unspecified atom stereocenters. The molecule has 0 saturated carbocycles. The summed E-state index contributed by atoms with van der Waals surface area (Å²) in [5.41, 5.74) is 0.307. The van der Waals surface area contributed by atoms with Crippen LogP contribution in [0.2, 0.25) is 0 Å². The molecule has 2 aromatic rings. The van der Waals surface area contributed by atoms with E-state index in [9.17, 15) is 19.2 Å². The summed E-state index contributed by atoms with van der Waals surface area (Å²) in [6, 6.07) is 12.0. The molecule has 0 aliphatic carbocycles. The summed E-state index contributed by atoms with van der Waals surface area (Å²) in [5, 5.41) is 0. The second-order valence-electron chi connectivity index (χ2n) is 8.84. The van der Waals surface area contributed by atoms with Gasteiger partial charge in [0, 0.05) is 5.56 Å². The first-order valence-corrected chi connectivity index (χ1v) is 11.4. The van der Waals surface area contributed by atoms with E-state index in [1.54, 1.807) is 13.8 Å². The molecule has 7 heteroatoms. The molecule has 0 fully saturated rings. The fourth-order valence-electron chi connectivity index (χ4n) is 2.59. The Balaban J connectivity index is 1.91. The Kier molecular flexibility index (Phi) is 9.54. The fraction of sp³-hybridized carbons (Fsp3) is 0.407. The number of benzene rings is 2. The molecule has 2 rings (SSSR count). The number of hydrogen-bond acceptors (Lipinski definition) is 7. The first-order valence-electron chi connectivity index (χ1n) is 11.4. The van der Waals surface area contributed by atoms with Crippen LogP contribution in [0, 0.1) is 11.3 Å². The second-order valence-corrected chi connectivity index (χ2v) is 8.84. The minimum Gasteiger partial charge on any atom is -0.462 e. The number of rotatable bonds is 11. The topological polar surface area (TPSA) is 96.0 Å². The lowest BCUT2D eigenvalue weighted by molar-refractivity contribution is -0.152. The molecular formula is C27H32O7. The Bertz CT molecular complexity index is 1000. The van der Waals surface area contributed by atoms with E-state index in [-0.39, 0.29) is 29.6 Å². The Morgan fingerprint density at radius 2 is 1.32 bits per heavy atom. The molecule has 0 heterocycles. The summed E-state index contributed by atoms with van der Waals surface area (Å²) < 4.78 is 15.7. The van der Waals surface area contributed by atoms with E-state index in [2.05, 4.69) is 0 Å². The van der Waals surface area contributed by atoms with Gasteiger partial charge in [-0.1, -0.05) is 27.2 Å². The zero-order valence-electron chi connectivity index (χ0n) is 20.4. The molecule has 34 heavy (non-hydrogen) atoms. The first-order chi connectivity index (χ1) is 16.1. The Morgan fingerprint density at radius 3 is 1.85 bits per heavy atom. The van der Waals surface area contributed by atoms with Crippen molar-refractivity contribution in [3.05, 3.63) is 65.2 Å². The Hall–Kier alpha value is -3.48. The number of ketones is 1. The third kappa shape index (κ3) is 7.54. The molecule has 0 spiro atoms. The van der Waals surface area contributed by atoms with Crippen LogP contribution in [0.15, 0.2) is 48.5 Å². The summed E-state index contributed by atoms with van der Waals surface area (Å²) in [5.74, 6) is -1.29. The van der Waals surface area contributed by atoms with Gasteiger partial charge in [-0.15, -0.1) is 0 Å². The van der Waals surface area contributed by atoms with Crippen molar-refractivity contribution in [2.45, 2.75) is 47.5 Å². The molecular weight excluding hydrogens is 436 g/mol. The number of Topliss-reactive ketones (excluding diaryl/α,β-unsaturated/α-hetero) is 1. The molecule has 0 amide bonds. The number of ether oxygens (including phenoxy) is 3. The molecule has 0 aromatic heterocycles. The first kappa shape index (κ1) is 26.8. The van der Waals surface area contributed by atoms with Crippen LogP contribution >= 0.6 is 0 Å². The maximum absolute atomic E-state index is 12.4. The highest BCUT2D eigenvalue weighted by molar-refractivity contribution is 5.98. The summed E-state index contributed by atoms with van der Waals surface area (Å²) in [6.07, 6.45) is 1.52. The zero-order valence-corrected chi connectivity index (χ0v) is 20.4. The Labute approximate surface area is 200 Å². The van der Waals surface area contributed by atoms with Gasteiger partial charge in [-0.05, 0) is 74.7 Å². The monoisotopic (exact) mass is 468 g/mol. The Morgan fingerprint density at radius 1 is 0.794 bits per heavy atom. The van der Waals surface area contributed by atoms with Crippen LogP contribution in [-0.4, -0.2) is 36.9 Å². The van der Waals surface area contributed by atoms with E-state index in [1.165, 1.54) is 48.5 Å². The molecule has 0 bridgehead atoms. The molecule has 0 saturated heterocycles. The molecule has 182 valence electrons. The van der Waals surface area contributed by atoms with Crippen molar-refractivity contribution in [1.29, 1.82) is 0 Å². The lowest BCUT2D eigenvalue weighted by Gasteiger charge is -2.19. The van der Waals surface area contributed by atoms with Crippen molar-refractivity contribution in [2.75, 3.05) is 13.2 Å². The average Bonchev–Trinajstić information content (AvgIpc) is 2.85. The van der Waals surface area contributed by atoms with Gasteiger partial charge in [-0.2, -0.15) is 0 Å². The molecule has 0 aliphatic rings. The normalized spacial score (nSPS) is 11.9. The second kappa shape index (κ2) is 12.1. The zero-order chi connectivity index (χ0) is 25.3. The maximum atomic E-state index is 12.4. The summed E-state index contributed by atoms with van der Waals surface area (Å²) in [7, 11) is 0. The summed E-state index contributed by atoms with van der Waals surface area (Å²) in [4.78, 5) is 48.8. The predicted octanol–water partition coefficient (Wildman–Crippen LogP) is 5.27. The van der Waals surface area contributed by atoms with Gasteiger partial charge < -0.3 is 14.2 Å². The van der Waals surface area contributed by atoms with Gasteiger partial charge in [0.2, 0.25) is 0 Å². The van der Waals surface area contributed by atoms with Crippen LogP contribution in [0.25, 0.3) is 0 Å². The van der Waals surface area contributed by atoms with Crippen LogP contribution < -0.4 is 4.74 Å². The lowest BCUT2D eigenvalue weighted by Crippen LogP contribution is -2.27. The highest BCUT2D eigenvalue weighted by Crippen LogP contribution is 2.22. The molecule has 0 radical (unpaired) electrons. The van der Waals surface area contributed by atoms with Crippen LogP contribution in [0.5, 0.6) is 5.75 Å². The quantitative estimate of drug-likeness (QED) is 0.252. The smallest absolute Gasteiger partial charge is 0.343 e. The van der Waals surface area contributed by atoms with Crippen LogP contribution in [-0.2, 0) is 14.3 Å². The maximum Gasteiger partial charge on any atom is 0.343 e. The summed E-state index contributed by atoms with van der Waals surface area (Å²) >= 11 is 0. The largest absolute Gasteiger partial charge is 0.462 e. The van der Waals surface area contributed by atoms with Crippen LogP contribution in [0.3, 0.4) is 0 Å². The van der Waals surface area contributed by atoms with E-state index in [1.807, 2.05) is 20.8 Å².